The molecule has 3 nitrogen and oxygen atoms in total. The van der Waals surface area contributed by atoms with Crippen molar-refractivity contribution in [2.75, 3.05) is 11.9 Å². The number of halogens is 1. The van der Waals surface area contributed by atoms with Crippen molar-refractivity contribution in [1.82, 2.24) is 0 Å². The zero-order valence-corrected chi connectivity index (χ0v) is 11.3. The predicted octanol–water partition coefficient (Wildman–Crippen LogP) is 3.74. The van der Waals surface area contributed by atoms with Crippen LogP contribution in [0.2, 0.25) is 5.02 Å². The molecule has 1 aromatic heterocycles. The van der Waals surface area contributed by atoms with E-state index < -0.39 is 5.97 Å². The van der Waals surface area contributed by atoms with E-state index in [2.05, 4.69) is 0 Å². The van der Waals surface area contributed by atoms with Gasteiger partial charge in [0.25, 0.3) is 0 Å². The first-order chi connectivity index (χ1) is 8.56. The number of thiophene rings is 1. The summed E-state index contributed by atoms with van der Waals surface area (Å²) in [5, 5.41) is 11.4. The van der Waals surface area contributed by atoms with E-state index in [1.807, 2.05) is 41.6 Å². The Kier molecular flexibility index (Phi) is 3.89. The van der Waals surface area contributed by atoms with Crippen molar-refractivity contribution in [3.8, 4) is 0 Å². The molecule has 0 saturated carbocycles. The quantitative estimate of drug-likeness (QED) is 0.928. The van der Waals surface area contributed by atoms with E-state index in [0.717, 1.165) is 11.3 Å². The number of hydrogen-bond acceptors (Lipinski definition) is 3. The molecule has 94 valence electrons. The lowest BCUT2D eigenvalue weighted by molar-refractivity contribution is 0.0702. The highest BCUT2D eigenvalue weighted by atomic mass is 35.5. The summed E-state index contributed by atoms with van der Waals surface area (Å²) < 4.78 is 0. The molecule has 0 unspecified atom stereocenters. The molecule has 1 heterocycles. The van der Waals surface area contributed by atoms with Crippen LogP contribution >= 0.6 is 22.9 Å². The van der Waals surface area contributed by atoms with Gasteiger partial charge in [-0.3, -0.25) is 0 Å². The number of carboxylic acids is 1. The molecule has 0 atom stereocenters. The highest BCUT2D eigenvalue weighted by Gasteiger charge is 2.09. The van der Waals surface area contributed by atoms with Crippen LogP contribution in [0, 0.1) is 0 Å². The maximum atomic E-state index is 10.8. The molecule has 0 aliphatic heterocycles. The zero-order chi connectivity index (χ0) is 13.1. The number of nitrogens with zero attached hydrogens (tertiary/aromatic N) is 1. The van der Waals surface area contributed by atoms with Crippen molar-refractivity contribution < 1.29 is 9.90 Å². The number of aromatic carboxylic acids is 1. The van der Waals surface area contributed by atoms with Crippen molar-refractivity contribution in [2.45, 2.75) is 6.54 Å². The Bertz CT molecular complexity index is 550. The van der Waals surface area contributed by atoms with Crippen molar-refractivity contribution in [2.24, 2.45) is 0 Å². The van der Waals surface area contributed by atoms with E-state index in [9.17, 15) is 4.79 Å². The van der Waals surface area contributed by atoms with Gasteiger partial charge in [0.2, 0.25) is 0 Å². The Morgan fingerprint density at radius 2 is 2.06 bits per heavy atom. The number of hydrogen-bond donors (Lipinski definition) is 1. The average Bonchev–Trinajstić information content (AvgIpc) is 2.81. The maximum absolute atomic E-state index is 10.8. The molecule has 0 spiro atoms. The van der Waals surface area contributed by atoms with Crippen LogP contribution in [0.1, 0.15) is 15.2 Å². The number of anilines is 1. The van der Waals surface area contributed by atoms with Gasteiger partial charge in [0.05, 0.1) is 0 Å². The van der Waals surface area contributed by atoms with Gasteiger partial charge >= 0.3 is 5.97 Å². The molecule has 1 N–H and O–H groups in total. The van der Waals surface area contributed by atoms with Crippen LogP contribution in [-0.4, -0.2) is 18.1 Å². The van der Waals surface area contributed by atoms with Crippen LogP contribution in [0.15, 0.2) is 35.7 Å². The maximum Gasteiger partial charge on any atom is 0.345 e. The first-order valence-electron chi connectivity index (χ1n) is 5.33. The predicted molar refractivity (Wildman–Crippen MR) is 74.8 cm³/mol. The van der Waals surface area contributed by atoms with E-state index >= 15 is 0 Å². The van der Waals surface area contributed by atoms with Gasteiger partial charge < -0.3 is 10.0 Å². The van der Waals surface area contributed by atoms with Crippen molar-refractivity contribution in [3.05, 3.63) is 51.2 Å². The number of rotatable bonds is 4. The molecular weight excluding hydrogens is 270 g/mol. The SMILES string of the molecule is CN(Cc1ccc(Cl)cc1)c1csc(C(=O)O)c1. The second-order valence-electron chi connectivity index (χ2n) is 3.96. The standard InChI is InChI=1S/C13H12ClNO2S/c1-15(7-9-2-4-10(14)5-3-9)11-6-12(13(16)17)18-8-11/h2-6,8H,7H2,1H3,(H,16,17). The van der Waals surface area contributed by atoms with E-state index in [1.165, 1.54) is 11.3 Å². The van der Waals surface area contributed by atoms with E-state index in [4.69, 9.17) is 16.7 Å². The van der Waals surface area contributed by atoms with Gasteiger partial charge in [-0.25, -0.2) is 4.79 Å². The molecule has 0 radical (unpaired) electrons. The van der Waals surface area contributed by atoms with Crippen LogP contribution in [0.3, 0.4) is 0 Å². The summed E-state index contributed by atoms with van der Waals surface area (Å²) >= 11 is 7.06. The molecule has 0 bridgehead atoms. The van der Waals surface area contributed by atoms with Crippen LogP contribution in [0.25, 0.3) is 0 Å². The Labute approximate surface area is 114 Å². The van der Waals surface area contributed by atoms with E-state index in [1.54, 1.807) is 6.07 Å². The lowest BCUT2D eigenvalue weighted by atomic mass is 10.2. The second-order valence-corrected chi connectivity index (χ2v) is 5.30. The normalized spacial score (nSPS) is 10.3. The Hall–Kier alpha value is -1.52. The Balaban J connectivity index is 2.09. The minimum absolute atomic E-state index is 0.355. The summed E-state index contributed by atoms with van der Waals surface area (Å²) in [5.74, 6) is -0.883. The first kappa shape index (κ1) is 12.9. The van der Waals surface area contributed by atoms with Gasteiger partial charge in [0, 0.05) is 29.7 Å². The van der Waals surface area contributed by atoms with Crippen molar-refractivity contribution >= 4 is 34.6 Å². The van der Waals surface area contributed by atoms with Gasteiger partial charge in [0.1, 0.15) is 4.88 Å². The molecule has 18 heavy (non-hydrogen) atoms. The summed E-state index contributed by atoms with van der Waals surface area (Å²) in [6, 6.07) is 9.30. The van der Waals surface area contributed by atoms with E-state index in [0.29, 0.717) is 16.4 Å². The van der Waals surface area contributed by atoms with Crippen LogP contribution in [0.5, 0.6) is 0 Å². The Morgan fingerprint density at radius 3 is 2.61 bits per heavy atom. The summed E-state index contributed by atoms with van der Waals surface area (Å²) in [6.45, 7) is 0.715. The molecule has 0 amide bonds. The summed E-state index contributed by atoms with van der Waals surface area (Å²) in [5.41, 5.74) is 2.04. The topological polar surface area (TPSA) is 40.5 Å². The fourth-order valence-corrected chi connectivity index (χ4v) is 2.50. The largest absolute Gasteiger partial charge is 0.477 e. The molecule has 0 aliphatic carbocycles. The molecule has 1 aromatic carbocycles. The monoisotopic (exact) mass is 281 g/mol. The number of carbonyl (C=O) groups is 1. The molecule has 2 rings (SSSR count). The number of benzene rings is 1. The molecule has 2 aromatic rings. The van der Waals surface area contributed by atoms with Crippen molar-refractivity contribution in [3.63, 3.8) is 0 Å². The average molecular weight is 282 g/mol. The van der Waals surface area contributed by atoms with Crippen molar-refractivity contribution in [1.29, 1.82) is 0 Å². The molecule has 0 aliphatic rings. The summed E-state index contributed by atoms with van der Waals surface area (Å²) in [7, 11) is 1.93. The van der Waals surface area contributed by atoms with Gasteiger partial charge in [-0.1, -0.05) is 23.7 Å². The lowest BCUT2D eigenvalue weighted by Gasteiger charge is -2.17. The first-order valence-corrected chi connectivity index (χ1v) is 6.59. The summed E-state index contributed by atoms with van der Waals surface area (Å²) in [6.07, 6.45) is 0. The minimum atomic E-state index is -0.883. The zero-order valence-electron chi connectivity index (χ0n) is 9.76. The molecule has 0 saturated heterocycles. The highest BCUT2D eigenvalue weighted by molar-refractivity contribution is 7.12. The highest BCUT2D eigenvalue weighted by Crippen LogP contribution is 2.23. The molecular formula is C13H12ClNO2S. The van der Waals surface area contributed by atoms with Gasteiger partial charge in [-0.2, -0.15) is 0 Å². The van der Waals surface area contributed by atoms with Gasteiger partial charge in [-0.15, -0.1) is 11.3 Å². The fourth-order valence-electron chi connectivity index (χ4n) is 1.59. The third-order valence-electron chi connectivity index (χ3n) is 2.57. The summed E-state index contributed by atoms with van der Waals surface area (Å²) in [4.78, 5) is 13.2. The second kappa shape index (κ2) is 5.42. The third kappa shape index (κ3) is 3.03. The van der Waals surface area contributed by atoms with Crippen LogP contribution in [0.4, 0.5) is 5.69 Å². The molecule has 0 fully saturated rings. The van der Waals surface area contributed by atoms with Gasteiger partial charge in [0.15, 0.2) is 0 Å². The van der Waals surface area contributed by atoms with Crippen LogP contribution < -0.4 is 4.90 Å². The Morgan fingerprint density at radius 1 is 1.39 bits per heavy atom. The smallest absolute Gasteiger partial charge is 0.345 e. The van der Waals surface area contributed by atoms with E-state index in [-0.39, 0.29) is 0 Å². The lowest BCUT2D eigenvalue weighted by Crippen LogP contribution is -2.15. The number of carboxylic acid groups (broad SMARTS) is 1. The fraction of sp³-hybridized carbons (Fsp3) is 0.154. The van der Waals surface area contributed by atoms with Gasteiger partial charge in [-0.05, 0) is 23.8 Å². The van der Waals surface area contributed by atoms with Crippen LogP contribution in [-0.2, 0) is 6.54 Å². The minimum Gasteiger partial charge on any atom is -0.477 e. The molecule has 5 heteroatoms. The third-order valence-corrected chi connectivity index (χ3v) is 3.73.